The van der Waals surface area contributed by atoms with Gasteiger partial charge in [0, 0.05) is 24.4 Å². The van der Waals surface area contributed by atoms with Crippen molar-refractivity contribution in [3.05, 3.63) is 52.9 Å². The van der Waals surface area contributed by atoms with Crippen molar-refractivity contribution >= 4 is 11.6 Å². The number of nitrogens with one attached hydrogen (secondary N) is 1. The van der Waals surface area contributed by atoms with Gasteiger partial charge in [-0.3, -0.25) is 0 Å². The molecule has 1 heterocycles. The lowest BCUT2D eigenvalue weighted by Crippen LogP contribution is -2.10. The molecule has 1 unspecified atom stereocenters. The molecule has 0 bridgehead atoms. The molecule has 8 heteroatoms. The fraction of sp³-hybridized carbons (Fsp3) is 0.182. The molecule has 2 rings (SSSR count). The van der Waals surface area contributed by atoms with Gasteiger partial charge in [-0.1, -0.05) is 0 Å². The van der Waals surface area contributed by atoms with Gasteiger partial charge in [0.15, 0.2) is 23.3 Å². The van der Waals surface area contributed by atoms with Crippen molar-refractivity contribution in [1.82, 2.24) is 9.97 Å². The van der Waals surface area contributed by atoms with E-state index in [0.717, 1.165) is 0 Å². The van der Waals surface area contributed by atoms with Gasteiger partial charge < -0.3 is 4.98 Å². The molecule has 2 aromatic rings. The molecule has 2 nitrogen and oxygen atoms in total. The second kappa shape index (κ2) is 5.16. The summed E-state index contributed by atoms with van der Waals surface area (Å²) in [6, 6.07) is 0. The van der Waals surface area contributed by atoms with Crippen LogP contribution in [0.15, 0.2) is 12.4 Å². The minimum atomic E-state index is -2.21. The van der Waals surface area contributed by atoms with Crippen LogP contribution in [-0.2, 0) is 6.42 Å². The average Bonchev–Trinajstić information content (AvgIpc) is 2.87. The lowest BCUT2D eigenvalue weighted by Gasteiger charge is -2.12. The van der Waals surface area contributed by atoms with Gasteiger partial charge in [0.25, 0.3) is 0 Å². The van der Waals surface area contributed by atoms with Crippen LogP contribution in [0, 0.1) is 29.1 Å². The molecule has 1 atom stereocenters. The number of hydrogen-bond donors (Lipinski definition) is 1. The van der Waals surface area contributed by atoms with Crippen LogP contribution < -0.4 is 0 Å². The Bertz CT molecular complexity index is 571. The van der Waals surface area contributed by atoms with Gasteiger partial charge in [0.05, 0.1) is 5.38 Å². The smallest absolute Gasteiger partial charge is 0.200 e. The summed E-state index contributed by atoms with van der Waals surface area (Å²) in [5.41, 5.74) is -1.06. The molecule has 0 radical (unpaired) electrons. The fourth-order valence-corrected chi connectivity index (χ4v) is 1.92. The molecular formula is C11H6ClF5N2. The highest BCUT2D eigenvalue weighted by Gasteiger charge is 2.29. The third kappa shape index (κ3) is 2.42. The van der Waals surface area contributed by atoms with Crippen LogP contribution in [0.3, 0.4) is 0 Å². The van der Waals surface area contributed by atoms with Crippen molar-refractivity contribution in [1.29, 1.82) is 0 Å². The number of hydrogen-bond acceptors (Lipinski definition) is 1. The van der Waals surface area contributed by atoms with E-state index in [1.54, 1.807) is 0 Å². The Morgan fingerprint density at radius 1 is 1.00 bits per heavy atom. The van der Waals surface area contributed by atoms with Crippen LogP contribution in [0.25, 0.3) is 0 Å². The molecule has 0 saturated carbocycles. The normalized spacial score (nSPS) is 12.7. The lowest BCUT2D eigenvalue weighted by atomic mass is 10.1. The lowest BCUT2D eigenvalue weighted by molar-refractivity contribution is 0.369. The van der Waals surface area contributed by atoms with Crippen LogP contribution in [0.1, 0.15) is 16.8 Å². The zero-order valence-electron chi connectivity index (χ0n) is 9.15. The van der Waals surface area contributed by atoms with Gasteiger partial charge in [-0.05, 0) is 0 Å². The Morgan fingerprint density at radius 2 is 1.53 bits per heavy atom. The quantitative estimate of drug-likeness (QED) is 0.398. The maximum Gasteiger partial charge on any atom is 0.200 e. The Labute approximate surface area is 109 Å². The van der Waals surface area contributed by atoms with E-state index in [9.17, 15) is 22.0 Å². The number of aromatic nitrogens is 2. The van der Waals surface area contributed by atoms with Gasteiger partial charge >= 0.3 is 0 Å². The number of H-pyrrole nitrogens is 1. The summed E-state index contributed by atoms with van der Waals surface area (Å²) in [6.07, 6.45) is 2.61. The molecule has 0 amide bonds. The highest BCUT2D eigenvalue weighted by atomic mass is 35.5. The molecule has 0 fully saturated rings. The summed E-state index contributed by atoms with van der Waals surface area (Å²) in [7, 11) is 0. The number of rotatable bonds is 3. The van der Waals surface area contributed by atoms with E-state index in [1.807, 2.05) is 0 Å². The summed E-state index contributed by atoms with van der Waals surface area (Å²) >= 11 is 5.71. The molecule has 0 spiro atoms. The van der Waals surface area contributed by atoms with E-state index >= 15 is 0 Å². The van der Waals surface area contributed by atoms with Gasteiger partial charge in [-0.2, -0.15) is 0 Å². The molecule has 1 aromatic carbocycles. The minimum Gasteiger partial charge on any atom is -0.349 e. The summed E-state index contributed by atoms with van der Waals surface area (Å²) in [4.78, 5) is 6.37. The first-order valence-electron chi connectivity index (χ1n) is 5.07. The number of imidazole rings is 1. The average molecular weight is 297 g/mol. The highest BCUT2D eigenvalue weighted by molar-refractivity contribution is 6.20. The first-order chi connectivity index (χ1) is 8.93. The zero-order valence-corrected chi connectivity index (χ0v) is 9.91. The van der Waals surface area contributed by atoms with E-state index in [1.165, 1.54) is 12.4 Å². The van der Waals surface area contributed by atoms with Crippen molar-refractivity contribution in [3.8, 4) is 0 Å². The highest BCUT2D eigenvalue weighted by Crippen LogP contribution is 2.32. The van der Waals surface area contributed by atoms with Gasteiger partial charge in [-0.15, -0.1) is 11.6 Å². The number of halogens is 6. The van der Waals surface area contributed by atoms with Crippen molar-refractivity contribution in [2.75, 3.05) is 0 Å². The monoisotopic (exact) mass is 296 g/mol. The topological polar surface area (TPSA) is 28.7 Å². The standard InChI is InChI=1S/C11H6ClF5N2/c12-4(3-5-18-1-2-19-5)6-7(13)9(15)11(17)10(16)8(6)14/h1-2,4H,3H2,(H,18,19). The third-order valence-electron chi connectivity index (χ3n) is 2.48. The Balaban J connectivity index is 2.44. The van der Waals surface area contributed by atoms with Gasteiger partial charge in [-0.25, -0.2) is 26.9 Å². The SMILES string of the molecule is Fc1c(F)c(F)c(C(Cl)Cc2ncc[nH]2)c(F)c1F. The molecule has 102 valence electrons. The molecular weight excluding hydrogens is 291 g/mol. The molecule has 0 saturated heterocycles. The molecule has 0 aliphatic heterocycles. The number of alkyl halides is 1. The summed E-state index contributed by atoms with van der Waals surface area (Å²) in [5, 5.41) is -1.43. The van der Waals surface area contributed by atoms with Crippen LogP contribution in [0.2, 0.25) is 0 Å². The largest absolute Gasteiger partial charge is 0.349 e. The van der Waals surface area contributed by atoms with E-state index in [2.05, 4.69) is 9.97 Å². The second-order valence-electron chi connectivity index (χ2n) is 3.69. The predicted octanol–water partition coefficient (Wildman–Crippen LogP) is 3.63. The van der Waals surface area contributed by atoms with Gasteiger partial charge in [0.2, 0.25) is 5.82 Å². The van der Waals surface area contributed by atoms with Crippen LogP contribution in [0.4, 0.5) is 22.0 Å². The molecule has 0 aliphatic carbocycles. The predicted molar refractivity (Wildman–Crippen MR) is 57.1 cm³/mol. The number of benzene rings is 1. The van der Waals surface area contributed by atoms with Crippen molar-refractivity contribution in [2.24, 2.45) is 0 Å². The Hall–Kier alpha value is -1.63. The van der Waals surface area contributed by atoms with Crippen LogP contribution >= 0.6 is 11.6 Å². The van der Waals surface area contributed by atoms with E-state index in [4.69, 9.17) is 11.6 Å². The zero-order chi connectivity index (χ0) is 14.2. The maximum absolute atomic E-state index is 13.4. The summed E-state index contributed by atoms with van der Waals surface area (Å²) < 4.78 is 65.7. The van der Waals surface area contributed by atoms with E-state index in [0.29, 0.717) is 0 Å². The Kier molecular flexibility index (Phi) is 3.75. The molecule has 19 heavy (non-hydrogen) atoms. The second-order valence-corrected chi connectivity index (χ2v) is 4.22. The Morgan fingerprint density at radius 3 is 2.00 bits per heavy atom. The molecule has 1 aromatic heterocycles. The van der Waals surface area contributed by atoms with E-state index in [-0.39, 0.29) is 12.2 Å². The van der Waals surface area contributed by atoms with Crippen LogP contribution in [-0.4, -0.2) is 9.97 Å². The van der Waals surface area contributed by atoms with Crippen molar-refractivity contribution < 1.29 is 22.0 Å². The summed E-state index contributed by atoms with van der Waals surface area (Å²) in [5.74, 6) is -9.83. The van der Waals surface area contributed by atoms with E-state index < -0.39 is 40.0 Å². The van der Waals surface area contributed by atoms with Crippen LogP contribution in [0.5, 0.6) is 0 Å². The number of aromatic amines is 1. The first-order valence-corrected chi connectivity index (χ1v) is 5.50. The number of nitrogens with zero attached hydrogens (tertiary/aromatic N) is 1. The maximum atomic E-state index is 13.4. The fourth-order valence-electron chi connectivity index (χ4n) is 1.58. The van der Waals surface area contributed by atoms with Crippen molar-refractivity contribution in [3.63, 3.8) is 0 Å². The molecule has 1 N–H and O–H groups in total. The minimum absolute atomic E-state index is 0.201. The van der Waals surface area contributed by atoms with Gasteiger partial charge in [0.1, 0.15) is 5.82 Å². The van der Waals surface area contributed by atoms with Crippen molar-refractivity contribution in [2.45, 2.75) is 11.8 Å². The first kappa shape index (κ1) is 13.8. The summed E-state index contributed by atoms with van der Waals surface area (Å²) in [6.45, 7) is 0. The third-order valence-corrected chi connectivity index (χ3v) is 2.86. The molecule has 0 aliphatic rings.